The molecular weight excluding hydrogens is 292 g/mol. The van der Waals surface area contributed by atoms with E-state index in [2.05, 4.69) is 20.6 Å². The molecule has 1 aromatic carbocycles. The third-order valence-electron chi connectivity index (χ3n) is 3.31. The SMILES string of the molecule is COCCNc1nc(C)cc(C(=O)Nc2ccc(C)cc2C)n1. The van der Waals surface area contributed by atoms with Gasteiger partial charge in [0.25, 0.3) is 5.91 Å². The number of amides is 1. The molecule has 0 aliphatic carbocycles. The number of aryl methyl sites for hydroxylation is 3. The van der Waals surface area contributed by atoms with Crippen LogP contribution in [-0.2, 0) is 4.74 Å². The van der Waals surface area contributed by atoms with Crippen molar-refractivity contribution in [2.45, 2.75) is 20.8 Å². The summed E-state index contributed by atoms with van der Waals surface area (Å²) in [6.45, 7) is 6.94. The summed E-state index contributed by atoms with van der Waals surface area (Å²) in [5.74, 6) is 0.171. The van der Waals surface area contributed by atoms with E-state index in [0.717, 1.165) is 22.5 Å². The molecule has 1 aromatic heterocycles. The monoisotopic (exact) mass is 314 g/mol. The van der Waals surface area contributed by atoms with Gasteiger partial charge in [-0.1, -0.05) is 17.7 Å². The second-order valence-electron chi connectivity index (χ2n) is 5.41. The average Bonchev–Trinajstić information content (AvgIpc) is 2.50. The number of benzene rings is 1. The van der Waals surface area contributed by atoms with Crippen molar-refractivity contribution >= 4 is 17.5 Å². The molecule has 1 heterocycles. The Morgan fingerprint density at radius 3 is 2.65 bits per heavy atom. The molecule has 0 spiro atoms. The first-order valence-corrected chi connectivity index (χ1v) is 7.46. The average molecular weight is 314 g/mol. The van der Waals surface area contributed by atoms with Gasteiger partial charge < -0.3 is 15.4 Å². The number of rotatable bonds is 6. The molecular formula is C17H22N4O2. The van der Waals surface area contributed by atoms with Gasteiger partial charge in [-0.05, 0) is 38.5 Å². The molecule has 0 bridgehead atoms. The van der Waals surface area contributed by atoms with Gasteiger partial charge in [-0.25, -0.2) is 9.97 Å². The zero-order chi connectivity index (χ0) is 16.8. The van der Waals surface area contributed by atoms with Crippen LogP contribution < -0.4 is 10.6 Å². The van der Waals surface area contributed by atoms with Crippen LogP contribution in [0.2, 0.25) is 0 Å². The van der Waals surface area contributed by atoms with Crippen LogP contribution in [-0.4, -0.2) is 36.1 Å². The van der Waals surface area contributed by atoms with Crippen LogP contribution in [0, 0.1) is 20.8 Å². The van der Waals surface area contributed by atoms with Crippen LogP contribution in [0.1, 0.15) is 27.3 Å². The zero-order valence-corrected chi connectivity index (χ0v) is 13.9. The van der Waals surface area contributed by atoms with Crippen LogP contribution in [0.25, 0.3) is 0 Å². The van der Waals surface area contributed by atoms with Gasteiger partial charge in [0.05, 0.1) is 6.61 Å². The fourth-order valence-corrected chi connectivity index (χ4v) is 2.17. The number of nitrogens with zero attached hydrogens (tertiary/aromatic N) is 2. The van der Waals surface area contributed by atoms with Gasteiger partial charge in [0.1, 0.15) is 5.69 Å². The van der Waals surface area contributed by atoms with Crippen molar-refractivity contribution in [3.8, 4) is 0 Å². The van der Waals surface area contributed by atoms with E-state index in [4.69, 9.17) is 4.74 Å². The number of aromatic nitrogens is 2. The van der Waals surface area contributed by atoms with Gasteiger partial charge in [0.2, 0.25) is 5.95 Å². The second kappa shape index (κ2) is 7.69. The summed E-state index contributed by atoms with van der Waals surface area (Å²) < 4.78 is 4.98. The highest BCUT2D eigenvalue weighted by Gasteiger charge is 2.12. The van der Waals surface area contributed by atoms with E-state index in [1.165, 1.54) is 0 Å². The molecule has 0 saturated carbocycles. The number of hydrogen-bond acceptors (Lipinski definition) is 5. The lowest BCUT2D eigenvalue weighted by Gasteiger charge is -2.10. The number of nitrogens with one attached hydrogen (secondary N) is 2. The molecule has 6 nitrogen and oxygen atoms in total. The largest absolute Gasteiger partial charge is 0.383 e. The highest BCUT2D eigenvalue weighted by molar-refractivity contribution is 6.03. The van der Waals surface area contributed by atoms with E-state index in [-0.39, 0.29) is 5.91 Å². The van der Waals surface area contributed by atoms with Crippen molar-refractivity contribution in [3.63, 3.8) is 0 Å². The zero-order valence-electron chi connectivity index (χ0n) is 13.9. The maximum absolute atomic E-state index is 12.4. The summed E-state index contributed by atoms with van der Waals surface area (Å²) in [6, 6.07) is 7.55. The maximum Gasteiger partial charge on any atom is 0.274 e. The molecule has 0 saturated heterocycles. The first-order valence-electron chi connectivity index (χ1n) is 7.46. The molecule has 2 rings (SSSR count). The van der Waals surface area contributed by atoms with E-state index in [1.807, 2.05) is 39.0 Å². The Hall–Kier alpha value is -2.47. The van der Waals surface area contributed by atoms with Crippen molar-refractivity contribution in [3.05, 3.63) is 46.8 Å². The minimum Gasteiger partial charge on any atom is -0.383 e. The topological polar surface area (TPSA) is 76.1 Å². The molecule has 0 aliphatic heterocycles. The Bertz CT molecular complexity index is 701. The molecule has 2 aromatic rings. The van der Waals surface area contributed by atoms with Crippen LogP contribution in [0.5, 0.6) is 0 Å². The molecule has 0 aliphatic rings. The Morgan fingerprint density at radius 2 is 1.96 bits per heavy atom. The Morgan fingerprint density at radius 1 is 1.17 bits per heavy atom. The molecule has 0 atom stereocenters. The minimum absolute atomic E-state index is 0.253. The normalized spacial score (nSPS) is 10.4. The highest BCUT2D eigenvalue weighted by atomic mass is 16.5. The first-order chi connectivity index (χ1) is 11.0. The fraction of sp³-hybridized carbons (Fsp3) is 0.353. The lowest BCUT2D eigenvalue weighted by atomic mass is 10.1. The van der Waals surface area contributed by atoms with Gasteiger partial charge in [0, 0.05) is 25.0 Å². The fourth-order valence-electron chi connectivity index (χ4n) is 2.17. The standard InChI is InChI=1S/C17H22N4O2/c1-11-5-6-14(12(2)9-11)20-16(22)15-10-13(3)19-17(21-15)18-7-8-23-4/h5-6,9-10H,7-8H2,1-4H3,(H,20,22)(H,18,19,21). The summed E-state index contributed by atoms with van der Waals surface area (Å²) in [4.78, 5) is 21.0. The predicted molar refractivity (Wildman–Crippen MR) is 91.0 cm³/mol. The number of hydrogen-bond donors (Lipinski definition) is 2. The van der Waals surface area contributed by atoms with Crippen LogP contribution >= 0.6 is 0 Å². The van der Waals surface area contributed by atoms with Gasteiger partial charge in [-0.2, -0.15) is 0 Å². The van der Waals surface area contributed by atoms with Gasteiger partial charge in [-0.3, -0.25) is 4.79 Å². The van der Waals surface area contributed by atoms with Crippen molar-refractivity contribution in [1.82, 2.24) is 9.97 Å². The number of ether oxygens (including phenoxy) is 1. The van der Waals surface area contributed by atoms with E-state index < -0.39 is 0 Å². The number of carbonyl (C=O) groups is 1. The quantitative estimate of drug-likeness (QED) is 0.802. The summed E-state index contributed by atoms with van der Waals surface area (Å²) in [5.41, 5.74) is 4.01. The summed E-state index contributed by atoms with van der Waals surface area (Å²) in [5, 5.41) is 5.93. The van der Waals surface area contributed by atoms with Crippen molar-refractivity contribution < 1.29 is 9.53 Å². The smallest absolute Gasteiger partial charge is 0.274 e. The molecule has 1 amide bonds. The molecule has 0 fully saturated rings. The van der Waals surface area contributed by atoms with Crippen LogP contribution in [0.3, 0.4) is 0 Å². The third-order valence-corrected chi connectivity index (χ3v) is 3.31. The molecule has 2 N–H and O–H groups in total. The Labute approximate surface area is 136 Å². The lowest BCUT2D eigenvalue weighted by molar-refractivity contribution is 0.102. The minimum atomic E-state index is -0.253. The summed E-state index contributed by atoms with van der Waals surface area (Å²) in [6.07, 6.45) is 0. The van der Waals surface area contributed by atoms with E-state index in [1.54, 1.807) is 13.2 Å². The molecule has 0 radical (unpaired) electrons. The van der Waals surface area contributed by atoms with Crippen LogP contribution in [0.4, 0.5) is 11.6 Å². The van der Waals surface area contributed by atoms with E-state index >= 15 is 0 Å². The van der Waals surface area contributed by atoms with Crippen LogP contribution in [0.15, 0.2) is 24.3 Å². The molecule has 122 valence electrons. The maximum atomic E-state index is 12.4. The highest BCUT2D eigenvalue weighted by Crippen LogP contribution is 2.17. The number of methoxy groups -OCH3 is 1. The summed E-state index contributed by atoms with van der Waals surface area (Å²) in [7, 11) is 1.63. The van der Waals surface area contributed by atoms with Gasteiger partial charge in [-0.15, -0.1) is 0 Å². The van der Waals surface area contributed by atoms with Gasteiger partial charge in [0.15, 0.2) is 0 Å². The van der Waals surface area contributed by atoms with Crippen molar-refractivity contribution in [2.75, 3.05) is 30.9 Å². The van der Waals surface area contributed by atoms with Crippen molar-refractivity contribution in [1.29, 1.82) is 0 Å². The lowest BCUT2D eigenvalue weighted by Crippen LogP contribution is -2.17. The Balaban J connectivity index is 2.15. The summed E-state index contributed by atoms with van der Waals surface area (Å²) >= 11 is 0. The Kier molecular flexibility index (Phi) is 5.65. The van der Waals surface area contributed by atoms with E-state index in [9.17, 15) is 4.79 Å². The molecule has 0 unspecified atom stereocenters. The second-order valence-corrected chi connectivity index (χ2v) is 5.41. The van der Waals surface area contributed by atoms with Crippen molar-refractivity contribution in [2.24, 2.45) is 0 Å². The number of anilines is 2. The first kappa shape index (κ1) is 16.9. The molecule has 6 heteroatoms. The number of carbonyl (C=O) groups excluding carboxylic acids is 1. The van der Waals surface area contributed by atoms with Gasteiger partial charge >= 0.3 is 0 Å². The third kappa shape index (κ3) is 4.75. The van der Waals surface area contributed by atoms with E-state index in [0.29, 0.717) is 24.8 Å². The molecule has 23 heavy (non-hydrogen) atoms. The predicted octanol–water partition coefficient (Wildman–Crippen LogP) is 2.71.